The fourth-order valence-electron chi connectivity index (χ4n) is 4.92. The maximum absolute atomic E-state index is 13.1. The lowest BCUT2D eigenvalue weighted by Crippen LogP contribution is -2.54. The zero-order valence-electron chi connectivity index (χ0n) is 16.4. The fourth-order valence-corrected chi connectivity index (χ4v) is 6.35. The molecule has 4 aliphatic heterocycles. The number of piperidine rings is 1. The molecule has 4 unspecified atom stereocenters. The van der Waals surface area contributed by atoms with Crippen LogP contribution in [-0.2, 0) is 14.4 Å². The van der Waals surface area contributed by atoms with Gasteiger partial charge in [-0.1, -0.05) is 0 Å². The number of carbonyl (C=O) groups excluding carboxylic acids is 3. The number of fused-ring (bicyclic) bond motifs is 1. The minimum atomic E-state index is -0.314. The quantitative estimate of drug-likeness (QED) is 0.694. The molecule has 4 heterocycles. The average molecular weight is 431 g/mol. The van der Waals surface area contributed by atoms with Crippen LogP contribution in [-0.4, -0.2) is 76.4 Å². The van der Waals surface area contributed by atoms with Crippen molar-refractivity contribution in [2.45, 2.75) is 62.4 Å². The van der Waals surface area contributed by atoms with Crippen LogP contribution in [0.15, 0.2) is 0 Å². The molecule has 7 nitrogen and oxygen atoms in total. The van der Waals surface area contributed by atoms with Crippen LogP contribution in [0.4, 0.5) is 0 Å². The Kier molecular flexibility index (Phi) is 6.82. The molecule has 0 radical (unpaired) electrons. The normalized spacial score (nSPS) is 34.9. The highest BCUT2D eigenvalue weighted by atomic mass is 35.5. The molecule has 0 saturated carbocycles. The number of nitrogens with zero attached hydrogens (tertiary/aromatic N) is 2. The molecule has 28 heavy (non-hydrogen) atoms. The Morgan fingerprint density at radius 3 is 2.89 bits per heavy atom. The van der Waals surface area contributed by atoms with Gasteiger partial charge in [0.15, 0.2) is 0 Å². The zero-order chi connectivity index (χ0) is 19.0. The summed E-state index contributed by atoms with van der Waals surface area (Å²) in [7, 11) is 0. The lowest BCUT2D eigenvalue weighted by Gasteiger charge is -2.37. The van der Waals surface area contributed by atoms with E-state index in [-0.39, 0.29) is 47.1 Å². The molecule has 158 valence electrons. The molecule has 4 saturated heterocycles. The Hall–Kier alpha value is -0.990. The van der Waals surface area contributed by atoms with E-state index in [1.54, 1.807) is 11.8 Å². The summed E-state index contributed by atoms with van der Waals surface area (Å²) < 4.78 is 0. The number of hydrogen-bond donors (Lipinski definition) is 2. The van der Waals surface area contributed by atoms with Gasteiger partial charge in [-0.2, -0.15) is 0 Å². The molecule has 0 aromatic heterocycles. The lowest BCUT2D eigenvalue weighted by atomic mass is 9.97. The van der Waals surface area contributed by atoms with E-state index in [2.05, 4.69) is 17.6 Å². The van der Waals surface area contributed by atoms with Crippen LogP contribution >= 0.6 is 24.2 Å². The van der Waals surface area contributed by atoms with E-state index < -0.39 is 0 Å². The van der Waals surface area contributed by atoms with Crippen molar-refractivity contribution < 1.29 is 14.4 Å². The minimum Gasteiger partial charge on any atom is -0.354 e. The van der Waals surface area contributed by atoms with Crippen molar-refractivity contribution in [3.8, 4) is 0 Å². The average Bonchev–Trinajstić information content (AvgIpc) is 3.38. The molecule has 0 aromatic rings. The maximum Gasteiger partial charge on any atom is 0.246 e. The van der Waals surface area contributed by atoms with Crippen LogP contribution in [0.3, 0.4) is 0 Å². The largest absolute Gasteiger partial charge is 0.354 e. The first-order valence-corrected chi connectivity index (χ1v) is 11.2. The predicted octanol–water partition coefficient (Wildman–Crippen LogP) is 0.969. The Bertz CT molecular complexity index is 630. The van der Waals surface area contributed by atoms with Gasteiger partial charge >= 0.3 is 0 Å². The molecule has 4 fully saturated rings. The second kappa shape index (κ2) is 8.79. The van der Waals surface area contributed by atoms with E-state index >= 15 is 0 Å². The number of amides is 3. The molecule has 4 atom stereocenters. The number of halogens is 1. The molecule has 0 aliphatic carbocycles. The number of rotatable bonds is 4. The highest BCUT2D eigenvalue weighted by Crippen LogP contribution is 2.47. The van der Waals surface area contributed by atoms with Crippen LogP contribution in [0.2, 0.25) is 0 Å². The van der Waals surface area contributed by atoms with Gasteiger partial charge in [-0.15, -0.1) is 24.2 Å². The first kappa shape index (κ1) is 21.7. The van der Waals surface area contributed by atoms with E-state index in [1.807, 2.05) is 9.80 Å². The molecule has 4 rings (SSSR count). The molecule has 3 amide bonds. The van der Waals surface area contributed by atoms with Crippen molar-refractivity contribution >= 4 is 41.9 Å². The Morgan fingerprint density at radius 2 is 2.14 bits per heavy atom. The van der Waals surface area contributed by atoms with Gasteiger partial charge in [0.2, 0.25) is 17.7 Å². The summed E-state index contributed by atoms with van der Waals surface area (Å²) in [5.41, 5.74) is 0. The number of carbonyl (C=O) groups is 3. The summed E-state index contributed by atoms with van der Waals surface area (Å²) in [6.07, 6.45) is 5.34. The smallest absolute Gasteiger partial charge is 0.246 e. The van der Waals surface area contributed by atoms with Gasteiger partial charge in [0, 0.05) is 31.8 Å². The van der Waals surface area contributed by atoms with E-state index in [0.29, 0.717) is 31.2 Å². The third kappa shape index (κ3) is 4.14. The summed E-state index contributed by atoms with van der Waals surface area (Å²) in [5, 5.41) is 6.29. The lowest BCUT2D eigenvalue weighted by molar-refractivity contribution is -0.145. The van der Waals surface area contributed by atoms with Crippen molar-refractivity contribution in [2.24, 2.45) is 5.92 Å². The molecule has 4 aliphatic rings. The van der Waals surface area contributed by atoms with Crippen LogP contribution in [0.25, 0.3) is 0 Å². The van der Waals surface area contributed by atoms with Gasteiger partial charge in [0.1, 0.15) is 6.04 Å². The van der Waals surface area contributed by atoms with Gasteiger partial charge < -0.3 is 20.4 Å². The standard InChI is InChI=1S/C19H30N4O3S.ClH/c1-19-7-6-16(24)23(19)15(12-27-19)18(26)22-9-3-4-13(11-22)10-21-17(25)14-5-2-8-20-14;/h13-15,20H,2-12H2,1H3,(H,21,25);1H. The summed E-state index contributed by atoms with van der Waals surface area (Å²) in [5.74, 6) is 1.29. The van der Waals surface area contributed by atoms with Crippen LogP contribution < -0.4 is 10.6 Å². The Balaban J connectivity index is 0.00000225. The van der Waals surface area contributed by atoms with Gasteiger partial charge in [-0.05, 0) is 51.5 Å². The number of nitrogens with one attached hydrogen (secondary N) is 2. The number of thioether (sulfide) groups is 1. The summed E-state index contributed by atoms with van der Waals surface area (Å²) >= 11 is 1.74. The zero-order valence-corrected chi connectivity index (χ0v) is 18.1. The van der Waals surface area contributed by atoms with Gasteiger partial charge in [0.05, 0.1) is 10.9 Å². The van der Waals surface area contributed by atoms with Crippen LogP contribution in [0.1, 0.15) is 45.4 Å². The van der Waals surface area contributed by atoms with Crippen molar-refractivity contribution in [1.29, 1.82) is 0 Å². The van der Waals surface area contributed by atoms with Crippen molar-refractivity contribution in [3.63, 3.8) is 0 Å². The first-order valence-electron chi connectivity index (χ1n) is 10.2. The topological polar surface area (TPSA) is 81.8 Å². The summed E-state index contributed by atoms with van der Waals surface area (Å²) in [6, 6.07) is -0.369. The van der Waals surface area contributed by atoms with Crippen molar-refractivity contribution in [3.05, 3.63) is 0 Å². The molecule has 9 heteroatoms. The highest BCUT2D eigenvalue weighted by molar-refractivity contribution is 8.01. The number of hydrogen-bond acceptors (Lipinski definition) is 5. The SMILES string of the molecule is CC12CCC(=O)N1C(C(=O)N1CCCC(CNC(=O)C3CCCN3)C1)CS2.Cl. The van der Waals surface area contributed by atoms with Crippen LogP contribution in [0, 0.1) is 5.92 Å². The van der Waals surface area contributed by atoms with Crippen molar-refractivity contribution in [1.82, 2.24) is 20.4 Å². The molecule has 0 spiro atoms. The van der Waals surface area contributed by atoms with Crippen molar-refractivity contribution in [2.75, 3.05) is 31.9 Å². The third-order valence-electron chi connectivity index (χ3n) is 6.50. The Labute approximate surface area is 177 Å². The van der Waals surface area contributed by atoms with E-state index in [4.69, 9.17) is 0 Å². The van der Waals surface area contributed by atoms with Gasteiger partial charge in [-0.3, -0.25) is 14.4 Å². The van der Waals surface area contributed by atoms with Crippen LogP contribution in [0.5, 0.6) is 0 Å². The predicted molar refractivity (Wildman–Crippen MR) is 111 cm³/mol. The molecule has 2 N–H and O–H groups in total. The second-order valence-corrected chi connectivity index (χ2v) is 9.95. The van der Waals surface area contributed by atoms with Gasteiger partial charge in [0.25, 0.3) is 0 Å². The maximum atomic E-state index is 13.1. The first-order chi connectivity index (χ1) is 13.0. The molecule has 0 aromatic carbocycles. The van der Waals surface area contributed by atoms with Gasteiger partial charge in [-0.25, -0.2) is 0 Å². The van der Waals surface area contributed by atoms with E-state index in [0.717, 1.165) is 45.2 Å². The molecule has 0 bridgehead atoms. The van der Waals surface area contributed by atoms with E-state index in [1.165, 1.54) is 0 Å². The summed E-state index contributed by atoms with van der Waals surface area (Å²) in [4.78, 5) is 41.2. The molecular weight excluding hydrogens is 400 g/mol. The monoisotopic (exact) mass is 430 g/mol. The highest BCUT2D eigenvalue weighted by Gasteiger charge is 2.53. The summed E-state index contributed by atoms with van der Waals surface area (Å²) in [6.45, 7) is 5.06. The van der Waals surface area contributed by atoms with E-state index in [9.17, 15) is 14.4 Å². The third-order valence-corrected chi connectivity index (χ3v) is 8.01. The fraction of sp³-hybridized carbons (Fsp3) is 0.842. The minimum absolute atomic E-state index is 0. The number of likely N-dealkylation sites (tertiary alicyclic amines) is 1. The second-order valence-electron chi connectivity index (χ2n) is 8.45. The molecular formula is C19H31ClN4O3S. The Morgan fingerprint density at radius 1 is 1.32 bits per heavy atom.